The van der Waals surface area contributed by atoms with E-state index in [0.29, 0.717) is 31.5 Å². The van der Waals surface area contributed by atoms with Crippen LogP contribution in [0, 0.1) is 5.92 Å². The van der Waals surface area contributed by atoms with Crippen molar-refractivity contribution in [1.29, 1.82) is 0 Å². The number of para-hydroxylation sites is 1. The number of aliphatic hydroxyl groups is 1. The molecule has 2 heterocycles. The maximum atomic E-state index is 16.1. The molecule has 2 aliphatic rings. The number of unbranched alkanes of at least 4 members (excludes halogenated alkanes) is 1. The number of hydrogen-bond acceptors (Lipinski definition) is 6. The quantitative estimate of drug-likeness (QED) is 0.170. The molecule has 0 radical (unpaired) electrons. The third-order valence-electron chi connectivity index (χ3n) is 8.42. The van der Waals surface area contributed by atoms with Crippen molar-refractivity contribution in [3.63, 3.8) is 0 Å². The van der Waals surface area contributed by atoms with Crippen LogP contribution in [0.3, 0.4) is 0 Å². The number of benzene rings is 2. The van der Waals surface area contributed by atoms with Gasteiger partial charge in [-0.1, -0.05) is 55.5 Å². The number of rotatable bonds is 12. The van der Waals surface area contributed by atoms with E-state index in [1.54, 1.807) is 22.9 Å². The maximum absolute atomic E-state index is 16.1. The summed E-state index contributed by atoms with van der Waals surface area (Å²) in [5, 5.41) is 9.67. The van der Waals surface area contributed by atoms with Gasteiger partial charge < -0.3 is 28.5 Å². The third kappa shape index (κ3) is 6.24. The second-order valence-electron chi connectivity index (χ2n) is 11.5. The Morgan fingerprint density at radius 1 is 1.12 bits per heavy atom. The van der Waals surface area contributed by atoms with Crippen LogP contribution >= 0.6 is 0 Å². The Bertz CT molecular complexity index is 1240. The number of halogens is 1. The molecular weight excluding hydrogens is 543 g/mol. The highest BCUT2D eigenvalue weighted by atomic mass is 28.4. The van der Waals surface area contributed by atoms with E-state index in [1.165, 1.54) is 7.11 Å². The van der Waals surface area contributed by atoms with Crippen LogP contribution in [0.5, 0.6) is 0 Å². The normalized spacial score (nSPS) is 23.6. The van der Waals surface area contributed by atoms with Crippen molar-refractivity contribution in [2.45, 2.75) is 69.5 Å². The molecule has 1 fully saturated rings. The van der Waals surface area contributed by atoms with Gasteiger partial charge >= 0.3 is 5.97 Å². The second kappa shape index (κ2) is 12.8. The molecule has 2 aliphatic heterocycles. The molecule has 10 heteroatoms. The van der Waals surface area contributed by atoms with Crippen LogP contribution in [0.2, 0.25) is 18.6 Å². The van der Waals surface area contributed by atoms with Gasteiger partial charge in [-0.25, -0.2) is 0 Å². The lowest BCUT2D eigenvalue weighted by Gasteiger charge is -2.31. The molecule has 0 aliphatic carbocycles. The van der Waals surface area contributed by atoms with Gasteiger partial charge in [-0.05, 0) is 37.6 Å². The van der Waals surface area contributed by atoms with Gasteiger partial charge in [0.1, 0.15) is 0 Å². The van der Waals surface area contributed by atoms with Gasteiger partial charge in [-0.15, -0.1) is 0 Å². The van der Waals surface area contributed by atoms with Crippen LogP contribution in [0.25, 0.3) is 0 Å². The highest BCUT2D eigenvalue weighted by Gasteiger charge is 2.66. The molecular formula is C31H41FN2O6Si. The smallest absolute Gasteiger partial charge is 0.305 e. The minimum atomic E-state index is -3.43. The molecule has 2 amide bonds. The zero-order valence-corrected chi connectivity index (χ0v) is 25.3. The summed E-state index contributed by atoms with van der Waals surface area (Å²) in [5.74, 6) is -1.30. The summed E-state index contributed by atoms with van der Waals surface area (Å²) in [4.78, 5) is 42.7. The lowest BCUT2D eigenvalue weighted by molar-refractivity contribution is -0.150. The zero-order chi connectivity index (χ0) is 29.8. The van der Waals surface area contributed by atoms with Crippen LogP contribution in [-0.4, -0.2) is 69.1 Å². The Balaban J connectivity index is 1.61. The first-order chi connectivity index (χ1) is 19.5. The number of anilines is 1. The second-order valence-corrected chi connectivity index (χ2v) is 15.3. The molecule has 0 bridgehead atoms. The van der Waals surface area contributed by atoms with E-state index in [4.69, 9.17) is 9.47 Å². The number of carbonyl (C=O) groups excluding carboxylic acids is 3. The van der Waals surface area contributed by atoms with Gasteiger partial charge in [-0.2, -0.15) is 0 Å². The van der Waals surface area contributed by atoms with Crippen LogP contribution in [0.1, 0.15) is 43.7 Å². The topological polar surface area (TPSA) is 96.4 Å². The summed E-state index contributed by atoms with van der Waals surface area (Å²) in [5.41, 5.74) is 0.339. The van der Waals surface area contributed by atoms with E-state index in [9.17, 15) is 19.5 Å². The standard InChI is InChI=1S/C31H41FN2O6Si/c1-22-29(41(3,4)32)26(20-27(36)33(18-19-35)21-23-12-6-5-7-13-23)40-31(22)24-14-8-9-15-25(24)34(30(31)38)17-11-10-16-28(37)39-2/h5-9,12-15,22,26,29,35H,10-11,16-21H2,1-4H3/t22-,26+,29-,31+/m1/s1. The molecule has 4 rings (SSSR count). The number of ether oxygens (including phenoxy) is 2. The number of nitrogens with zero attached hydrogens (tertiary/aromatic N) is 2. The fraction of sp³-hybridized carbons (Fsp3) is 0.516. The van der Waals surface area contributed by atoms with Crippen LogP contribution in [-0.2, 0) is 36.0 Å². The number of methoxy groups -OCH3 is 1. The fourth-order valence-electron chi connectivity index (χ4n) is 6.58. The number of carbonyl (C=O) groups is 3. The Morgan fingerprint density at radius 2 is 1.80 bits per heavy atom. The number of fused-ring (bicyclic) bond motifs is 2. The molecule has 41 heavy (non-hydrogen) atoms. The van der Waals surface area contributed by atoms with Crippen molar-refractivity contribution in [3.8, 4) is 0 Å². The van der Waals surface area contributed by atoms with Crippen molar-refractivity contribution >= 4 is 31.9 Å². The summed E-state index contributed by atoms with van der Waals surface area (Å²) in [7, 11) is -2.08. The van der Waals surface area contributed by atoms with Crippen molar-refractivity contribution < 1.29 is 33.1 Å². The molecule has 1 N–H and O–H groups in total. The van der Waals surface area contributed by atoms with Crippen molar-refractivity contribution in [3.05, 3.63) is 65.7 Å². The highest BCUT2D eigenvalue weighted by Crippen LogP contribution is 2.60. The molecule has 222 valence electrons. The molecule has 0 saturated carbocycles. The molecule has 0 unspecified atom stereocenters. The van der Waals surface area contributed by atoms with E-state index in [0.717, 1.165) is 11.3 Å². The summed E-state index contributed by atoms with van der Waals surface area (Å²) in [6.45, 7) is 5.73. The Hall–Kier alpha value is -3.08. The third-order valence-corrected chi connectivity index (χ3v) is 10.9. The Morgan fingerprint density at radius 3 is 2.46 bits per heavy atom. The van der Waals surface area contributed by atoms with Crippen molar-refractivity contribution in [2.24, 2.45) is 5.92 Å². The van der Waals surface area contributed by atoms with Crippen LogP contribution in [0.4, 0.5) is 9.80 Å². The van der Waals surface area contributed by atoms with Crippen LogP contribution < -0.4 is 4.90 Å². The van der Waals surface area contributed by atoms with Crippen LogP contribution in [0.15, 0.2) is 54.6 Å². The summed E-state index contributed by atoms with van der Waals surface area (Å²) < 4.78 is 27.4. The molecule has 4 atom stereocenters. The van der Waals surface area contributed by atoms with Gasteiger partial charge in [-0.3, -0.25) is 14.4 Å². The van der Waals surface area contributed by atoms with Gasteiger partial charge in [0, 0.05) is 43.1 Å². The maximum Gasteiger partial charge on any atom is 0.305 e. The predicted molar refractivity (Wildman–Crippen MR) is 156 cm³/mol. The Kier molecular flexibility index (Phi) is 9.66. The van der Waals surface area contributed by atoms with E-state index in [2.05, 4.69) is 0 Å². The average molecular weight is 585 g/mol. The average Bonchev–Trinajstić information content (AvgIpc) is 3.37. The first-order valence-electron chi connectivity index (χ1n) is 14.3. The molecule has 8 nitrogen and oxygen atoms in total. The molecule has 0 aromatic heterocycles. The monoisotopic (exact) mass is 584 g/mol. The molecule has 2 aromatic carbocycles. The zero-order valence-electron chi connectivity index (χ0n) is 24.3. The van der Waals surface area contributed by atoms with Gasteiger partial charge in [0.15, 0.2) is 5.60 Å². The largest absolute Gasteiger partial charge is 0.469 e. The first kappa shape index (κ1) is 30.9. The predicted octanol–water partition coefficient (Wildman–Crippen LogP) is 4.56. The van der Waals surface area contributed by atoms with Gasteiger partial charge in [0.25, 0.3) is 5.91 Å². The lowest BCUT2D eigenvalue weighted by atomic mass is 9.82. The summed E-state index contributed by atoms with van der Waals surface area (Å²) >= 11 is 0. The molecule has 1 spiro atoms. The number of hydrogen-bond donors (Lipinski definition) is 1. The van der Waals surface area contributed by atoms with Gasteiger partial charge in [0.2, 0.25) is 14.3 Å². The number of aliphatic hydroxyl groups excluding tert-OH is 1. The van der Waals surface area contributed by atoms with E-state index < -0.39 is 31.6 Å². The van der Waals surface area contributed by atoms with Crippen molar-refractivity contribution in [2.75, 3.05) is 31.7 Å². The van der Waals surface area contributed by atoms with E-state index in [1.807, 2.05) is 61.5 Å². The minimum absolute atomic E-state index is 0.0848. The highest BCUT2D eigenvalue weighted by molar-refractivity contribution is 6.72. The fourth-order valence-corrected chi connectivity index (χ4v) is 9.08. The van der Waals surface area contributed by atoms with Crippen molar-refractivity contribution in [1.82, 2.24) is 4.90 Å². The Labute approximate surface area is 242 Å². The first-order valence-corrected chi connectivity index (χ1v) is 17.3. The van der Waals surface area contributed by atoms with E-state index in [-0.39, 0.29) is 43.8 Å². The SMILES string of the molecule is COC(=O)CCCCN1C(=O)[C@@]2(O[C@@H](CC(=O)N(CCO)Cc3ccccc3)[C@H]([Si](C)(C)F)[C@H]2C)c2ccccc21. The number of amides is 2. The molecule has 1 saturated heterocycles. The lowest BCUT2D eigenvalue weighted by Crippen LogP contribution is -2.45. The van der Waals surface area contributed by atoms with Gasteiger partial charge in [0.05, 0.1) is 31.9 Å². The summed E-state index contributed by atoms with van der Waals surface area (Å²) in [6, 6.07) is 16.9. The summed E-state index contributed by atoms with van der Waals surface area (Å²) in [6.07, 6.45) is 0.536. The molecule has 2 aromatic rings. The van der Waals surface area contributed by atoms with E-state index >= 15 is 4.11 Å². The number of esters is 1. The minimum Gasteiger partial charge on any atom is -0.469 e.